The third-order valence-corrected chi connectivity index (χ3v) is 3.15. The van der Waals surface area contributed by atoms with E-state index in [4.69, 9.17) is 4.74 Å². The zero-order valence-corrected chi connectivity index (χ0v) is 10.9. The molecule has 1 unspecified atom stereocenters. The SMILES string of the molecule is Cc1ccnc(N2CCC(Oc3cccnc3)C2)n1. The Bertz CT molecular complexity index is 546. The Kier molecular flexibility index (Phi) is 3.27. The summed E-state index contributed by atoms with van der Waals surface area (Å²) >= 11 is 0. The van der Waals surface area contributed by atoms with E-state index in [1.54, 1.807) is 18.6 Å². The van der Waals surface area contributed by atoms with Crippen molar-refractivity contribution in [2.75, 3.05) is 18.0 Å². The van der Waals surface area contributed by atoms with Gasteiger partial charge in [0.25, 0.3) is 0 Å². The Balaban J connectivity index is 1.64. The summed E-state index contributed by atoms with van der Waals surface area (Å²) in [6.07, 6.45) is 6.44. The maximum absolute atomic E-state index is 5.90. The van der Waals surface area contributed by atoms with Gasteiger partial charge in [0.2, 0.25) is 5.95 Å². The van der Waals surface area contributed by atoms with Crippen molar-refractivity contribution in [1.29, 1.82) is 0 Å². The van der Waals surface area contributed by atoms with Crippen LogP contribution in [0.4, 0.5) is 5.95 Å². The van der Waals surface area contributed by atoms with Gasteiger partial charge < -0.3 is 9.64 Å². The summed E-state index contributed by atoms with van der Waals surface area (Å²) in [6, 6.07) is 5.72. The van der Waals surface area contributed by atoms with Crippen molar-refractivity contribution < 1.29 is 4.74 Å². The number of aryl methyl sites for hydroxylation is 1. The zero-order valence-electron chi connectivity index (χ0n) is 10.9. The van der Waals surface area contributed by atoms with Gasteiger partial charge in [0.15, 0.2) is 0 Å². The molecule has 0 bridgehead atoms. The van der Waals surface area contributed by atoms with Crippen LogP contribution in [0.25, 0.3) is 0 Å². The van der Waals surface area contributed by atoms with Gasteiger partial charge >= 0.3 is 0 Å². The summed E-state index contributed by atoms with van der Waals surface area (Å²) in [5.74, 6) is 1.61. The highest BCUT2D eigenvalue weighted by molar-refractivity contribution is 5.32. The number of ether oxygens (including phenoxy) is 1. The smallest absolute Gasteiger partial charge is 0.225 e. The molecule has 98 valence electrons. The Labute approximate surface area is 112 Å². The molecule has 5 heteroatoms. The van der Waals surface area contributed by atoms with Crippen LogP contribution in [-0.4, -0.2) is 34.1 Å². The topological polar surface area (TPSA) is 51.1 Å². The number of hydrogen-bond donors (Lipinski definition) is 0. The Morgan fingerprint density at radius 2 is 2.26 bits per heavy atom. The zero-order chi connectivity index (χ0) is 13.1. The molecular formula is C14H16N4O. The first-order valence-electron chi connectivity index (χ1n) is 6.42. The highest BCUT2D eigenvalue weighted by Gasteiger charge is 2.25. The molecule has 3 heterocycles. The van der Waals surface area contributed by atoms with Crippen LogP contribution in [-0.2, 0) is 0 Å². The van der Waals surface area contributed by atoms with Gasteiger partial charge in [-0.05, 0) is 25.1 Å². The molecule has 1 fully saturated rings. The van der Waals surface area contributed by atoms with E-state index in [9.17, 15) is 0 Å². The number of pyridine rings is 1. The molecule has 1 aliphatic heterocycles. The van der Waals surface area contributed by atoms with E-state index in [1.807, 2.05) is 25.1 Å². The number of rotatable bonds is 3. The molecule has 0 N–H and O–H groups in total. The highest BCUT2D eigenvalue weighted by Crippen LogP contribution is 2.20. The lowest BCUT2D eigenvalue weighted by Crippen LogP contribution is -2.26. The molecule has 5 nitrogen and oxygen atoms in total. The normalized spacial score (nSPS) is 18.6. The fraction of sp³-hybridized carbons (Fsp3) is 0.357. The van der Waals surface area contributed by atoms with Crippen LogP contribution in [0, 0.1) is 6.92 Å². The van der Waals surface area contributed by atoms with E-state index in [0.29, 0.717) is 0 Å². The lowest BCUT2D eigenvalue weighted by molar-refractivity contribution is 0.224. The number of hydrogen-bond acceptors (Lipinski definition) is 5. The predicted molar refractivity (Wildman–Crippen MR) is 72.3 cm³/mol. The third-order valence-electron chi connectivity index (χ3n) is 3.15. The van der Waals surface area contributed by atoms with Gasteiger partial charge in [0, 0.05) is 31.1 Å². The van der Waals surface area contributed by atoms with Crippen molar-refractivity contribution in [3.63, 3.8) is 0 Å². The van der Waals surface area contributed by atoms with Crippen molar-refractivity contribution in [3.8, 4) is 5.75 Å². The maximum Gasteiger partial charge on any atom is 0.225 e. The molecule has 1 saturated heterocycles. The Morgan fingerprint density at radius 1 is 1.32 bits per heavy atom. The van der Waals surface area contributed by atoms with E-state index in [2.05, 4.69) is 19.9 Å². The van der Waals surface area contributed by atoms with Crippen LogP contribution in [0.2, 0.25) is 0 Å². The van der Waals surface area contributed by atoms with Gasteiger partial charge in [-0.1, -0.05) is 0 Å². The van der Waals surface area contributed by atoms with Gasteiger partial charge in [-0.25, -0.2) is 9.97 Å². The third kappa shape index (κ3) is 2.81. The van der Waals surface area contributed by atoms with Crippen molar-refractivity contribution >= 4 is 5.95 Å². The standard InChI is InChI=1S/C14H16N4O/c1-11-4-7-16-14(17-11)18-8-5-13(10-18)19-12-3-2-6-15-9-12/h2-4,6-7,9,13H,5,8,10H2,1H3. The molecule has 1 aliphatic rings. The summed E-state index contributed by atoms with van der Waals surface area (Å²) < 4.78 is 5.90. The molecule has 0 amide bonds. The first kappa shape index (κ1) is 11.9. The number of nitrogens with zero attached hydrogens (tertiary/aromatic N) is 4. The predicted octanol–water partition coefficient (Wildman–Crippen LogP) is 1.84. The van der Waals surface area contributed by atoms with Gasteiger partial charge in [-0.3, -0.25) is 4.98 Å². The van der Waals surface area contributed by atoms with Crippen molar-refractivity contribution in [2.24, 2.45) is 0 Å². The van der Waals surface area contributed by atoms with Crippen molar-refractivity contribution in [3.05, 3.63) is 42.5 Å². The average Bonchev–Trinajstić information content (AvgIpc) is 2.88. The molecule has 0 aliphatic carbocycles. The lowest BCUT2D eigenvalue weighted by atomic mass is 10.3. The minimum Gasteiger partial charge on any atom is -0.487 e. The molecule has 0 aromatic carbocycles. The molecule has 2 aromatic heterocycles. The maximum atomic E-state index is 5.90. The van der Waals surface area contributed by atoms with Crippen LogP contribution in [0.3, 0.4) is 0 Å². The first-order chi connectivity index (χ1) is 9.31. The molecule has 3 rings (SSSR count). The summed E-state index contributed by atoms with van der Waals surface area (Å²) in [4.78, 5) is 15.0. The van der Waals surface area contributed by atoms with E-state index in [0.717, 1.165) is 36.9 Å². The second-order valence-corrected chi connectivity index (χ2v) is 4.66. The molecule has 19 heavy (non-hydrogen) atoms. The molecule has 1 atom stereocenters. The number of anilines is 1. The molecule has 0 saturated carbocycles. The number of aromatic nitrogens is 3. The van der Waals surface area contributed by atoms with E-state index >= 15 is 0 Å². The van der Waals surface area contributed by atoms with E-state index in [-0.39, 0.29) is 6.10 Å². The van der Waals surface area contributed by atoms with E-state index < -0.39 is 0 Å². The van der Waals surface area contributed by atoms with Gasteiger partial charge in [-0.15, -0.1) is 0 Å². The second kappa shape index (κ2) is 5.22. The van der Waals surface area contributed by atoms with Gasteiger partial charge in [0.1, 0.15) is 11.9 Å². The summed E-state index contributed by atoms with van der Waals surface area (Å²) in [5, 5.41) is 0. The molecular weight excluding hydrogens is 240 g/mol. The van der Waals surface area contributed by atoms with Crippen LogP contribution >= 0.6 is 0 Å². The summed E-state index contributed by atoms with van der Waals surface area (Å²) in [7, 11) is 0. The minimum atomic E-state index is 0.174. The molecule has 0 radical (unpaired) electrons. The Hall–Kier alpha value is -2.17. The first-order valence-corrected chi connectivity index (χ1v) is 6.42. The summed E-state index contributed by atoms with van der Waals surface area (Å²) in [6.45, 7) is 3.72. The van der Waals surface area contributed by atoms with Crippen LogP contribution in [0.1, 0.15) is 12.1 Å². The largest absolute Gasteiger partial charge is 0.487 e. The van der Waals surface area contributed by atoms with E-state index in [1.165, 1.54) is 0 Å². The quantitative estimate of drug-likeness (QED) is 0.838. The molecule has 2 aromatic rings. The minimum absolute atomic E-state index is 0.174. The van der Waals surface area contributed by atoms with Gasteiger partial charge in [0.05, 0.1) is 12.7 Å². The summed E-state index contributed by atoms with van der Waals surface area (Å²) in [5.41, 5.74) is 0.988. The van der Waals surface area contributed by atoms with Gasteiger partial charge in [-0.2, -0.15) is 0 Å². The Morgan fingerprint density at radius 3 is 3.05 bits per heavy atom. The van der Waals surface area contributed by atoms with Crippen molar-refractivity contribution in [2.45, 2.75) is 19.4 Å². The second-order valence-electron chi connectivity index (χ2n) is 4.66. The average molecular weight is 256 g/mol. The lowest BCUT2D eigenvalue weighted by Gasteiger charge is -2.17. The van der Waals surface area contributed by atoms with Crippen LogP contribution in [0.15, 0.2) is 36.8 Å². The van der Waals surface area contributed by atoms with Crippen molar-refractivity contribution in [1.82, 2.24) is 15.0 Å². The fourth-order valence-corrected chi connectivity index (χ4v) is 2.20. The monoisotopic (exact) mass is 256 g/mol. The molecule has 0 spiro atoms. The highest BCUT2D eigenvalue weighted by atomic mass is 16.5. The van der Waals surface area contributed by atoms with Crippen LogP contribution in [0.5, 0.6) is 5.75 Å². The fourth-order valence-electron chi connectivity index (χ4n) is 2.20. The van der Waals surface area contributed by atoms with Crippen LogP contribution < -0.4 is 9.64 Å².